The maximum atomic E-state index is 5.49. The lowest BCUT2D eigenvalue weighted by Gasteiger charge is -2.32. The molecule has 1 aromatic carbocycles. The molecule has 4 rings (SSSR count). The summed E-state index contributed by atoms with van der Waals surface area (Å²) >= 11 is 0. The fourth-order valence-electron chi connectivity index (χ4n) is 3.99. The van der Waals surface area contributed by atoms with E-state index >= 15 is 0 Å². The van der Waals surface area contributed by atoms with E-state index in [-0.39, 0.29) is 24.0 Å². The van der Waals surface area contributed by atoms with E-state index in [1.54, 1.807) is 0 Å². The highest BCUT2D eigenvalue weighted by molar-refractivity contribution is 14.0. The van der Waals surface area contributed by atoms with Crippen LogP contribution in [0.2, 0.25) is 0 Å². The Morgan fingerprint density at radius 2 is 2.00 bits per heavy atom. The number of morpholine rings is 1. The number of halogens is 1. The van der Waals surface area contributed by atoms with Crippen LogP contribution >= 0.6 is 24.0 Å². The number of likely N-dealkylation sites (tertiary alicyclic amines) is 1. The first-order valence-electron chi connectivity index (χ1n) is 10.1. The number of benzene rings is 1. The number of rotatable bonds is 5. The highest BCUT2D eigenvalue weighted by Crippen LogP contribution is 2.32. The van der Waals surface area contributed by atoms with Gasteiger partial charge in [-0.05, 0) is 37.5 Å². The Bertz CT molecular complexity index is 667. The molecule has 3 aliphatic heterocycles. The molecule has 3 heterocycles. The third-order valence-electron chi connectivity index (χ3n) is 5.46. The Labute approximate surface area is 184 Å². The molecular formula is C20H31IN4O3. The first-order valence-corrected chi connectivity index (χ1v) is 10.1. The molecule has 1 unspecified atom stereocenters. The average molecular weight is 502 g/mol. The molecule has 28 heavy (non-hydrogen) atoms. The Balaban J connectivity index is 0.00000225. The molecule has 0 bridgehead atoms. The molecule has 3 aliphatic rings. The van der Waals surface area contributed by atoms with Crippen molar-refractivity contribution in [3.63, 3.8) is 0 Å². The van der Waals surface area contributed by atoms with Gasteiger partial charge in [-0.1, -0.05) is 6.07 Å². The van der Waals surface area contributed by atoms with Gasteiger partial charge >= 0.3 is 0 Å². The predicted molar refractivity (Wildman–Crippen MR) is 120 cm³/mol. The largest absolute Gasteiger partial charge is 0.454 e. The molecular weight excluding hydrogens is 471 g/mol. The van der Waals surface area contributed by atoms with Gasteiger partial charge in [0, 0.05) is 45.3 Å². The van der Waals surface area contributed by atoms with Crippen molar-refractivity contribution >= 4 is 29.9 Å². The van der Waals surface area contributed by atoms with Crippen molar-refractivity contribution in [3.05, 3.63) is 23.8 Å². The number of nitrogens with zero attached hydrogens (tertiary/aromatic N) is 3. The number of hydrogen-bond acceptors (Lipinski definition) is 5. The Morgan fingerprint density at radius 3 is 2.82 bits per heavy atom. The molecule has 2 fully saturated rings. The number of guanidine groups is 1. The fourth-order valence-corrected chi connectivity index (χ4v) is 3.99. The maximum absolute atomic E-state index is 5.49. The van der Waals surface area contributed by atoms with Gasteiger partial charge in [-0.15, -0.1) is 24.0 Å². The summed E-state index contributed by atoms with van der Waals surface area (Å²) < 4.78 is 16.3. The monoisotopic (exact) mass is 502 g/mol. The van der Waals surface area contributed by atoms with Gasteiger partial charge in [0.1, 0.15) is 0 Å². The molecule has 8 heteroatoms. The van der Waals surface area contributed by atoms with Gasteiger partial charge in [-0.3, -0.25) is 9.89 Å². The zero-order valence-electron chi connectivity index (χ0n) is 16.6. The van der Waals surface area contributed by atoms with Crippen LogP contribution in [0.3, 0.4) is 0 Å². The summed E-state index contributed by atoms with van der Waals surface area (Å²) in [6, 6.07) is 6.77. The first-order chi connectivity index (χ1) is 13.3. The topological polar surface area (TPSA) is 58.6 Å². The van der Waals surface area contributed by atoms with Gasteiger partial charge in [0.05, 0.1) is 13.2 Å². The van der Waals surface area contributed by atoms with Crippen molar-refractivity contribution in [2.75, 3.05) is 59.3 Å². The molecule has 1 N–H and O–H groups in total. The van der Waals surface area contributed by atoms with Crippen LogP contribution < -0.4 is 14.8 Å². The number of hydrogen-bond donors (Lipinski definition) is 1. The van der Waals surface area contributed by atoms with E-state index in [0.29, 0.717) is 12.8 Å². The van der Waals surface area contributed by atoms with Gasteiger partial charge in [0.25, 0.3) is 0 Å². The van der Waals surface area contributed by atoms with Crippen LogP contribution in [0.4, 0.5) is 0 Å². The smallest absolute Gasteiger partial charge is 0.231 e. The zero-order chi connectivity index (χ0) is 18.5. The minimum absolute atomic E-state index is 0. The van der Waals surface area contributed by atoms with E-state index in [1.807, 2.05) is 6.07 Å². The molecule has 0 radical (unpaired) electrons. The van der Waals surface area contributed by atoms with Gasteiger partial charge in [-0.25, -0.2) is 0 Å². The maximum Gasteiger partial charge on any atom is 0.231 e. The lowest BCUT2D eigenvalue weighted by atomic mass is 10.1. The summed E-state index contributed by atoms with van der Waals surface area (Å²) in [5.41, 5.74) is 1.23. The van der Waals surface area contributed by atoms with Crippen LogP contribution in [0.25, 0.3) is 0 Å². The molecule has 7 nitrogen and oxygen atoms in total. The minimum Gasteiger partial charge on any atom is -0.454 e. The molecule has 156 valence electrons. The molecule has 0 amide bonds. The Hall–Kier alpha value is -1.26. The van der Waals surface area contributed by atoms with Crippen LogP contribution in [0, 0.1) is 0 Å². The molecule has 1 aromatic rings. The summed E-state index contributed by atoms with van der Waals surface area (Å²) in [4.78, 5) is 9.86. The van der Waals surface area contributed by atoms with Gasteiger partial charge in [-0.2, -0.15) is 0 Å². The number of aliphatic imine (C=N–C) groups is 1. The molecule has 0 aliphatic carbocycles. The van der Waals surface area contributed by atoms with Crippen molar-refractivity contribution < 1.29 is 14.2 Å². The quantitative estimate of drug-likeness (QED) is 0.378. The lowest BCUT2D eigenvalue weighted by Crippen LogP contribution is -2.46. The Kier molecular flexibility index (Phi) is 8.04. The second-order valence-corrected chi connectivity index (χ2v) is 7.21. The summed E-state index contributed by atoms with van der Waals surface area (Å²) in [7, 11) is 0. The summed E-state index contributed by atoms with van der Waals surface area (Å²) in [6.45, 7) is 10.0. The van der Waals surface area contributed by atoms with E-state index < -0.39 is 0 Å². The van der Waals surface area contributed by atoms with Gasteiger partial charge in [0.2, 0.25) is 6.79 Å². The van der Waals surface area contributed by atoms with Crippen LogP contribution in [0.15, 0.2) is 23.2 Å². The van der Waals surface area contributed by atoms with E-state index in [9.17, 15) is 0 Å². The number of ether oxygens (including phenoxy) is 3. The number of fused-ring (bicyclic) bond motifs is 1. The van der Waals surface area contributed by atoms with Crippen LogP contribution in [0.5, 0.6) is 11.5 Å². The second kappa shape index (κ2) is 10.5. The normalized spacial score (nSPS) is 22.2. The van der Waals surface area contributed by atoms with Gasteiger partial charge < -0.3 is 24.4 Å². The fraction of sp³-hybridized carbons (Fsp3) is 0.650. The van der Waals surface area contributed by atoms with E-state index in [2.05, 4.69) is 34.2 Å². The summed E-state index contributed by atoms with van der Waals surface area (Å²) in [5, 5.41) is 3.46. The van der Waals surface area contributed by atoms with Crippen molar-refractivity contribution in [1.82, 2.24) is 15.1 Å². The van der Waals surface area contributed by atoms with Crippen molar-refractivity contribution in [2.24, 2.45) is 4.99 Å². The number of nitrogens with one attached hydrogen (secondary N) is 1. The van der Waals surface area contributed by atoms with Crippen molar-refractivity contribution in [1.29, 1.82) is 0 Å². The molecule has 0 spiro atoms. The van der Waals surface area contributed by atoms with Crippen LogP contribution in [0.1, 0.15) is 18.9 Å². The summed E-state index contributed by atoms with van der Waals surface area (Å²) in [6.07, 6.45) is 2.10. The molecule has 2 saturated heterocycles. The first kappa shape index (κ1) is 21.4. The third-order valence-corrected chi connectivity index (χ3v) is 5.46. The van der Waals surface area contributed by atoms with Crippen LogP contribution in [-0.2, 0) is 11.2 Å². The molecule has 1 atom stereocenters. The van der Waals surface area contributed by atoms with E-state index in [1.165, 1.54) is 12.0 Å². The highest BCUT2D eigenvalue weighted by Gasteiger charge is 2.30. The van der Waals surface area contributed by atoms with Crippen molar-refractivity contribution in [3.8, 4) is 11.5 Å². The standard InChI is InChI=1S/C20H30N4O3.HI/c1-2-21-20(24-8-6-17(14-24)23-9-11-25-12-10-23)22-7-5-16-3-4-18-19(13-16)27-15-26-18;/h3-4,13,17H,2,5-12,14-15H2,1H3,(H,21,22);1H. The van der Waals surface area contributed by atoms with Crippen LogP contribution in [-0.4, -0.2) is 81.1 Å². The lowest BCUT2D eigenvalue weighted by molar-refractivity contribution is 0.0195. The van der Waals surface area contributed by atoms with Gasteiger partial charge in [0.15, 0.2) is 17.5 Å². The second-order valence-electron chi connectivity index (χ2n) is 7.21. The molecule has 0 aromatic heterocycles. The minimum atomic E-state index is 0. The predicted octanol–water partition coefficient (Wildman–Crippen LogP) is 1.95. The van der Waals surface area contributed by atoms with E-state index in [0.717, 1.165) is 76.4 Å². The highest BCUT2D eigenvalue weighted by atomic mass is 127. The van der Waals surface area contributed by atoms with Crippen molar-refractivity contribution in [2.45, 2.75) is 25.8 Å². The molecule has 0 saturated carbocycles. The van der Waals surface area contributed by atoms with E-state index in [4.69, 9.17) is 19.2 Å². The zero-order valence-corrected chi connectivity index (χ0v) is 18.9. The Morgan fingerprint density at radius 1 is 1.18 bits per heavy atom. The summed E-state index contributed by atoms with van der Waals surface area (Å²) in [5.74, 6) is 2.71. The third kappa shape index (κ3) is 5.21. The average Bonchev–Trinajstić information content (AvgIpc) is 3.37. The SMILES string of the molecule is CCNC(=NCCc1ccc2c(c1)OCO2)N1CCC(N2CCOCC2)C1.I.